The zero-order chi connectivity index (χ0) is 20.1. The van der Waals surface area contributed by atoms with E-state index in [0.717, 1.165) is 25.7 Å². The van der Waals surface area contributed by atoms with E-state index in [2.05, 4.69) is 12.2 Å². The molecule has 150 valence electrons. The number of benzene rings is 1. The molecule has 0 aliphatic carbocycles. The lowest BCUT2D eigenvalue weighted by atomic mass is 10.1. The van der Waals surface area contributed by atoms with Gasteiger partial charge < -0.3 is 5.32 Å². The third-order valence-corrected chi connectivity index (χ3v) is 7.02. The quantitative estimate of drug-likeness (QED) is 0.724. The molecule has 0 spiro atoms. The molecular formula is C21H28N3O3S+. The Morgan fingerprint density at radius 1 is 1.11 bits per heavy atom. The van der Waals surface area contributed by atoms with Gasteiger partial charge in [-0.05, 0) is 49.1 Å². The molecule has 1 aromatic carbocycles. The molecule has 1 atom stereocenters. The molecule has 1 fully saturated rings. The Morgan fingerprint density at radius 3 is 2.29 bits per heavy atom. The second-order valence-corrected chi connectivity index (χ2v) is 9.14. The van der Waals surface area contributed by atoms with Crippen molar-refractivity contribution in [2.75, 3.05) is 18.4 Å². The van der Waals surface area contributed by atoms with Crippen LogP contribution in [0.2, 0.25) is 0 Å². The molecule has 1 amide bonds. The molecule has 0 unspecified atom stereocenters. The summed E-state index contributed by atoms with van der Waals surface area (Å²) in [6, 6.07) is 10.1. The number of carbonyl (C=O) groups excluding carboxylic acids is 1. The van der Waals surface area contributed by atoms with Crippen LogP contribution in [0.4, 0.5) is 5.69 Å². The highest BCUT2D eigenvalue weighted by Crippen LogP contribution is 2.22. The van der Waals surface area contributed by atoms with Crippen molar-refractivity contribution in [3.8, 4) is 0 Å². The standard InChI is InChI=1S/C21H27N3O3S/c1-3-6-18-11-15-23(16-12-18)17(2)21(25)22-19-7-9-20(10-8-19)28(26,27)24-13-4-5-14-24/h7-12,15-17H,3-6,13-14H2,1-2H3/p+1/t17-/m1/s1. The van der Waals surface area contributed by atoms with Crippen LogP contribution in [0, 0.1) is 0 Å². The molecule has 0 saturated carbocycles. The first kappa shape index (κ1) is 20.5. The fourth-order valence-corrected chi connectivity index (χ4v) is 4.87. The number of pyridine rings is 1. The Bertz CT molecular complexity index is 903. The lowest BCUT2D eigenvalue weighted by Crippen LogP contribution is -2.44. The minimum Gasteiger partial charge on any atom is -0.320 e. The van der Waals surface area contributed by atoms with Crippen LogP contribution < -0.4 is 9.88 Å². The monoisotopic (exact) mass is 402 g/mol. The zero-order valence-corrected chi connectivity index (χ0v) is 17.3. The fraction of sp³-hybridized carbons (Fsp3) is 0.429. The van der Waals surface area contributed by atoms with Crippen LogP contribution in [0.3, 0.4) is 0 Å². The molecule has 3 rings (SSSR count). The van der Waals surface area contributed by atoms with Gasteiger partial charge in [-0.15, -0.1) is 0 Å². The molecule has 1 N–H and O–H groups in total. The van der Waals surface area contributed by atoms with Gasteiger partial charge in [-0.25, -0.2) is 8.42 Å². The van der Waals surface area contributed by atoms with Gasteiger partial charge in [-0.1, -0.05) is 13.3 Å². The first-order valence-corrected chi connectivity index (χ1v) is 11.3. The molecule has 1 aliphatic rings. The number of amides is 1. The normalized spacial score (nSPS) is 16.1. The molecule has 2 heterocycles. The topological polar surface area (TPSA) is 70.4 Å². The van der Waals surface area contributed by atoms with E-state index in [1.165, 1.54) is 9.87 Å². The lowest BCUT2D eigenvalue weighted by Gasteiger charge is -2.16. The van der Waals surface area contributed by atoms with Gasteiger partial charge in [0.2, 0.25) is 16.1 Å². The van der Waals surface area contributed by atoms with Gasteiger partial charge in [0.1, 0.15) is 0 Å². The van der Waals surface area contributed by atoms with Gasteiger partial charge in [0.25, 0.3) is 5.91 Å². The van der Waals surface area contributed by atoms with E-state index in [1.807, 2.05) is 36.0 Å². The summed E-state index contributed by atoms with van der Waals surface area (Å²) in [7, 11) is -3.44. The van der Waals surface area contributed by atoms with Crippen LogP contribution in [0.5, 0.6) is 0 Å². The molecule has 7 heteroatoms. The number of rotatable bonds is 7. The minimum atomic E-state index is -3.44. The molecule has 1 saturated heterocycles. The summed E-state index contributed by atoms with van der Waals surface area (Å²) in [5.41, 5.74) is 1.83. The third kappa shape index (κ3) is 4.59. The smallest absolute Gasteiger partial charge is 0.293 e. The number of nitrogens with zero attached hydrogens (tertiary/aromatic N) is 2. The SMILES string of the molecule is CCCc1cc[n+]([C@H](C)C(=O)Nc2ccc(S(=O)(=O)N3CCCC3)cc2)cc1. The summed E-state index contributed by atoms with van der Waals surface area (Å²) in [5, 5.41) is 2.86. The van der Waals surface area contributed by atoms with E-state index in [1.54, 1.807) is 24.3 Å². The molecule has 1 aliphatic heterocycles. The van der Waals surface area contributed by atoms with Gasteiger partial charge in [0.15, 0.2) is 12.4 Å². The van der Waals surface area contributed by atoms with Gasteiger partial charge in [0, 0.05) is 37.8 Å². The third-order valence-electron chi connectivity index (χ3n) is 5.11. The minimum absolute atomic E-state index is 0.150. The van der Waals surface area contributed by atoms with Gasteiger partial charge in [0.05, 0.1) is 4.90 Å². The zero-order valence-electron chi connectivity index (χ0n) is 16.5. The van der Waals surface area contributed by atoms with E-state index in [0.29, 0.717) is 18.8 Å². The van der Waals surface area contributed by atoms with Gasteiger partial charge in [-0.3, -0.25) is 4.79 Å². The van der Waals surface area contributed by atoms with Crippen molar-refractivity contribution in [1.29, 1.82) is 0 Å². The summed E-state index contributed by atoms with van der Waals surface area (Å²) in [5.74, 6) is -0.150. The van der Waals surface area contributed by atoms with E-state index in [4.69, 9.17) is 0 Å². The van der Waals surface area contributed by atoms with Crippen molar-refractivity contribution in [3.05, 3.63) is 54.4 Å². The van der Waals surface area contributed by atoms with Gasteiger partial charge >= 0.3 is 0 Å². The van der Waals surface area contributed by atoms with Crippen molar-refractivity contribution in [2.24, 2.45) is 0 Å². The van der Waals surface area contributed by atoms with E-state index < -0.39 is 10.0 Å². The maximum Gasteiger partial charge on any atom is 0.293 e. The Morgan fingerprint density at radius 2 is 1.71 bits per heavy atom. The summed E-state index contributed by atoms with van der Waals surface area (Å²) < 4.78 is 28.5. The molecule has 6 nitrogen and oxygen atoms in total. The highest BCUT2D eigenvalue weighted by molar-refractivity contribution is 7.89. The maximum absolute atomic E-state index is 12.6. The van der Waals surface area contributed by atoms with Crippen LogP contribution >= 0.6 is 0 Å². The Kier molecular flexibility index (Phi) is 6.46. The number of sulfonamides is 1. The van der Waals surface area contributed by atoms with Crippen molar-refractivity contribution in [3.63, 3.8) is 0 Å². The first-order chi connectivity index (χ1) is 13.4. The lowest BCUT2D eigenvalue weighted by molar-refractivity contribution is -0.705. The van der Waals surface area contributed by atoms with Crippen molar-refractivity contribution < 1.29 is 17.8 Å². The summed E-state index contributed by atoms with van der Waals surface area (Å²) >= 11 is 0. The molecule has 2 aromatic rings. The average molecular weight is 403 g/mol. The van der Waals surface area contributed by atoms with Crippen LogP contribution in [-0.2, 0) is 21.2 Å². The van der Waals surface area contributed by atoms with Crippen molar-refractivity contribution >= 4 is 21.6 Å². The van der Waals surface area contributed by atoms with E-state index in [9.17, 15) is 13.2 Å². The Hall–Kier alpha value is -2.25. The number of carbonyl (C=O) groups is 1. The highest BCUT2D eigenvalue weighted by Gasteiger charge is 2.27. The first-order valence-electron chi connectivity index (χ1n) is 9.82. The molecule has 28 heavy (non-hydrogen) atoms. The molecule has 0 radical (unpaired) electrons. The maximum atomic E-state index is 12.6. The molecular weight excluding hydrogens is 374 g/mol. The summed E-state index contributed by atoms with van der Waals surface area (Å²) in [4.78, 5) is 12.8. The summed E-state index contributed by atoms with van der Waals surface area (Å²) in [6.07, 6.45) is 7.75. The highest BCUT2D eigenvalue weighted by atomic mass is 32.2. The largest absolute Gasteiger partial charge is 0.320 e. The predicted octanol–water partition coefficient (Wildman–Crippen LogP) is 2.91. The molecule has 1 aromatic heterocycles. The average Bonchev–Trinajstić information content (AvgIpc) is 3.24. The molecule has 0 bridgehead atoms. The number of hydrogen-bond donors (Lipinski definition) is 1. The number of hydrogen-bond acceptors (Lipinski definition) is 3. The second kappa shape index (κ2) is 8.84. The number of aromatic nitrogens is 1. The van der Waals surface area contributed by atoms with Crippen LogP contribution in [-0.4, -0.2) is 31.7 Å². The van der Waals surface area contributed by atoms with Crippen LogP contribution in [0.25, 0.3) is 0 Å². The predicted molar refractivity (Wildman–Crippen MR) is 108 cm³/mol. The summed E-state index contributed by atoms with van der Waals surface area (Å²) in [6.45, 7) is 5.12. The second-order valence-electron chi connectivity index (χ2n) is 7.20. The van der Waals surface area contributed by atoms with Crippen molar-refractivity contribution in [1.82, 2.24) is 4.31 Å². The Labute approximate surface area is 167 Å². The van der Waals surface area contributed by atoms with Crippen LogP contribution in [0.15, 0.2) is 53.7 Å². The Balaban J connectivity index is 1.65. The fourth-order valence-electron chi connectivity index (χ4n) is 3.35. The van der Waals surface area contributed by atoms with E-state index >= 15 is 0 Å². The number of nitrogens with one attached hydrogen (secondary N) is 1. The van der Waals surface area contributed by atoms with Crippen molar-refractivity contribution in [2.45, 2.75) is 50.5 Å². The number of aryl methyl sites for hydroxylation is 1. The van der Waals surface area contributed by atoms with Gasteiger partial charge in [-0.2, -0.15) is 8.87 Å². The van der Waals surface area contributed by atoms with E-state index in [-0.39, 0.29) is 16.8 Å². The number of anilines is 1. The van der Waals surface area contributed by atoms with Crippen LogP contribution in [0.1, 0.15) is 44.7 Å².